The fourth-order valence-corrected chi connectivity index (χ4v) is 3.00. The Labute approximate surface area is 135 Å². The molecule has 2 aliphatic heterocycles. The molecule has 0 radical (unpaired) electrons. The van der Waals surface area contributed by atoms with Crippen molar-refractivity contribution in [2.45, 2.75) is 24.4 Å². The summed E-state index contributed by atoms with van der Waals surface area (Å²) < 4.78 is 13.1. The average molecular weight is 345 g/mol. The molecule has 11 nitrogen and oxygen atoms in total. The minimum absolute atomic E-state index is 0. The van der Waals surface area contributed by atoms with E-state index in [2.05, 4.69) is 19.8 Å². The van der Waals surface area contributed by atoms with Gasteiger partial charge >= 0.3 is 0 Å². The van der Waals surface area contributed by atoms with Crippen molar-refractivity contribution in [3.05, 3.63) is 22.8 Å². The highest BCUT2D eigenvalue weighted by molar-refractivity contribution is 5.85. The van der Waals surface area contributed by atoms with Crippen LogP contribution in [0.5, 0.6) is 0 Å². The van der Waals surface area contributed by atoms with Crippen LogP contribution in [0, 0.1) is 10.1 Å². The van der Waals surface area contributed by atoms with E-state index in [9.17, 15) is 10.1 Å². The quantitative estimate of drug-likeness (QED) is 0.589. The molecule has 0 unspecified atom stereocenters. The van der Waals surface area contributed by atoms with E-state index in [1.165, 1.54) is 6.33 Å². The summed E-state index contributed by atoms with van der Waals surface area (Å²) in [6.45, 7) is 0.429. The number of hydrogen-bond acceptors (Lipinski definition) is 9. The van der Waals surface area contributed by atoms with Crippen LogP contribution in [0.15, 0.2) is 12.7 Å². The van der Waals surface area contributed by atoms with Crippen molar-refractivity contribution in [3.63, 3.8) is 0 Å². The highest BCUT2D eigenvalue weighted by atomic mass is 35.5. The number of fused-ring (bicyclic) bond motifs is 2. The van der Waals surface area contributed by atoms with Crippen molar-refractivity contribution < 1.29 is 19.4 Å². The first-order valence-corrected chi connectivity index (χ1v) is 6.62. The third-order valence-electron chi connectivity index (χ3n) is 3.95. The van der Waals surface area contributed by atoms with Gasteiger partial charge in [0.15, 0.2) is 17.6 Å². The molecule has 124 valence electrons. The van der Waals surface area contributed by atoms with Crippen molar-refractivity contribution in [3.8, 4) is 0 Å². The molecule has 4 atom stereocenters. The average Bonchev–Trinajstić information content (AvgIpc) is 3.14. The first kappa shape index (κ1) is 15.6. The van der Waals surface area contributed by atoms with Gasteiger partial charge in [-0.2, -0.15) is 0 Å². The summed E-state index contributed by atoms with van der Waals surface area (Å²) in [6.07, 6.45) is 1.37. The van der Waals surface area contributed by atoms with Gasteiger partial charge in [-0.1, -0.05) is 0 Å². The molecule has 2 saturated heterocycles. The lowest BCUT2D eigenvalue weighted by Gasteiger charge is -2.17. The van der Waals surface area contributed by atoms with Gasteiger partial charge in [0.1, 0.15) is 24.1 Å². The van der Waals surface area contributed by atoms with Crippen LogP contribution in [0.2, 0.25) is 0 Å². The smallest absolute Gasteiger partial charge is 0.294 e. The minimum Gasteiger partial charge on any atom is -0.382 e. The van der Waals surface area contributed by atoms with Crippen LogP contribution in [-0.4, -0.2) is 56.1 Å². The Morgan fingerprint density at radius 3 is 2.87 bits per heavy atom. The van der Waals surface area contributed by atoms with E-state index in [-0.39, 0.29) is 31.2 Å². The molecule has 12 heteroatoms. The first-order chi connectivity index (χ1) is 10.6. The molecule has 2 N–H and O–H groups in total. The van der Waals surface area contributed by atoms with Crippen molar-refractivity contribution in [2.24, 2.45) is 0 Å². The Morgan fingerprint density at radius 1 is 1.30 bits per heavy atom. The van der Waals surface area contributed by atoms with Gasteiger partial charge < -0.3 is 24.6 Å². The van der Waals surface area contributed by atoms with Gasteiger partial charge in [0.05, 0.1) is 25.6 Å². The molecule has 0 bridgehead atoms. The molecule has 2 aromatic rings. The second kappa shape index (κ2) is 5.76. The number of rotatable bonds is 3. The van der Waals surface area contributed by atoms with Crippen LogP contribution >= 0.6 is 12.4 Å². The summed E-state index contributed by atoms with van der Waals surface area (Å²) >= 11 is 0. The number of anilines is 1. The van der Waals surface area contributed by atoms with Gasteiger partial charge in [-0.05, 0) is 0 Å². The Bertz CT molecular complexity index is 741. The lowest BCUT2D eigenvalue weighted by Crippen LogP contribution is -2.33. The van der Waals surface area contributed by atoms with E-state index in [0.29, 0.717) is 23.6 Å². The van der Waals surface area contributed by atoms with Crippen molar-refractivity contribution in [1.82, 2.24) is 19.5 Å². The summed E-state index contributed by atoms with van der Waals surface area (Å²) in [7, 11) is 0. The van der Waals surface area contributed by atoms with Crippen LogP contribution in [0.3, 0.4) is 0 Å². The summed E-state index contributed by atoms with van der Waals surface area (Å²) in [5, 5.41) is 9.67. The van der Waals surface area contributed by atoms with Crippen molar-refractivity contribution in [1.29, 1.82) is 0 Å². The molecular formula is C11H13ClN6O5. The van der Waals surface area contributed by atoms with Gasteiger partial charge in [0.25, 0.3) is 5.09 Å². The monoisotopic (exact) mass is 344 g/mol. The van der Waals surface area contributed by atoms with E-state index in [0.717, 1.165) is 0 Å². The maximum Gasteiger partial charge on any atom is 0.294 e. The minimum atomic E-state index is -0.826. The zero-order valence-corrected chi connectivity index (χ0v) is 12.5. The molecule has 0 aromatic carbocycles. The Balaban J connectivity index is 0.00000156. The fourth-order valence-electron chi connectivity index (χ4n) is 3.00. The number of nitrogens with zero attached hydrogens (tertiary/aromatic N) is 5. The number of nitrogen functional groups attached to an aromatic ring is 1. The van der Waals surface area contributed by atoms with E-state index in [1.807, 2.05) is 0 Å². The third kappa shape index (κ3) is 2.42. The van der Waals surface area contributed by atoms with E-state index in [1.54, 1.807) is 10.9 Å². The number of aromatic nitrogens is 4. The number of ether oxygens (including phenoxy) is 2. The molecular weight excluding hydrogens is 332 g/mol. The fraction of sp³-hybridized carbons (Fsp3) is 0.545. The number of nitrogens with two attached hydrogens (primary N) is 1. The van der Waals surface area contributed by atoms with Gasteiger partial charge in [-0.3, -0.25) is 0 Å². The van der Waals surface area contributed by atoms with Gasteiger partial charge in [0, 0.05) is 0 Å². The van der Waals surface area contributed by atoms with Crippen LogP contribution in [-0.2, 0) is 14.3 Å². The first-order valence-electron chi connectivity index (χ1n) is 6.62. The number of hydrogen-bond donors (Lipinski definition) is 1. The molecule has 0 amide bonds. The van der Waals surface area contributed by atoms with Crippen LogP contribution in [0.4, 0.5) is 5.82 Å². The molecule has 0 aliphatic carbocycles. The molecule has 4 heterocycles. The number of imidazole rings is 1. The lowest BCUT2D eigenvalue weighted by atomic mass is 10.1. The largest absolute Gasteiger partial charge is 0.382 e. The van der Waals surface area contributed by atoms with E-state index < -0.39 is 17.3 Å². The van der Waals surface area contributed by atoms with Gasteiger partial charge in [-0.25, -0.2) is 15.0 Å². The summed E-state index contributed by atoms with van der Waals surface area (Å²) in [4.78, 5) is 27.4. The topological polar surface area (TPSA) is 140 Å². The molecule has 4 rings (SSSR count). The maximum atomic E-state index is 10.5. The second-order valence-electron chi connectivity index (χ2n) is 5.11. The SMILES string of the molecule is Cl.Nc1ncnc2c1ncn2[C@H]1CO[C@H]2[C@@H]1OC[C@@H]2O[N+](=O)[O-]. The molecule has 0 saturated carbocycles. The normalized spacial score (nSPS) is 29.2. The number of halogens is 1. The zero-order chi connectivity index (χ0) is 15.3. The molecule has 2 aliphatic rings. The Hall–Kier alpha value is -2.24. The summed E-state index contributed by atoms with van der Waals surface area (Å²) in [5.41, 5.74) is 6.84. The highest BCUT2D eigenvalue weighted by Gasteiger charge is 2.50. The third-order valence-corrected chi connectivity index (χ3v) is 3.95. The second-order valence-corrected chi connectivity index (χ2v) is 5.11. The van der Waals surface area contributed by atoms with E-state index in [4.69, 9.17) is 15.2 Å². The standard InChI is InChI=1S/C11H12N6O5.ClH/c12-10-7-11(14-3-13-10)16(4-15-7)5-1-20-9-6(22-17(18)19)2-21-8(5)9;/h3-6,8-9H,1-2H2,(H2,12,13,14);1H/t5-,6-,8+,9+;/m0./s1. The van der Waals surface area contributed by atoms with Gasteiger partial charge in [0.2, 0.25) is 0 Å². The molecule has 2 aromatic heterocycles. The van der Waals surface area contributed by atoms with Crippen molar-refractivity contribution in [2.75, 3.05) is 18.9 Å². The van der Waals surface area contributed by atoms with Crippen LogP contribution < -0.4 is 5.73 Å². The molecule has 0 spiro atoms. The molecule has 2 fully saturated rings. The summed E-state index contributed by atoms with van der Waals surface area (Å²) in [6, 6.07) is -0.204. The zero-order valence-electron chi connectivity index (χ0n) is 11.6. The summed E-state index contributed by atoms with van der Waals surface area (Å²) in [5.74, 6) is 0.293. The lowest BCUT2D eigenvalue weighted by molar-refractivity contribution is -0.769. The maximum absolute atomic E-state index is 10.5. The Morgan fingerprint density at radius 2 is 2.09 bits per heavy atom. The predicted octanol–water partition coefficient (Wildman–Crippen LogP) is -0.254. The van der Waals surface area contributed by atoms with Crippen LogP contribution in [0.1, 0.15) is 6.04 Å². The van der Waals surface area contributed by atoms with E-state index >= 15 is 0 Å². The van der Waals surface area contributed by atoms with Gasteiger partial charge in [-0.15, -0.1) is 22.5 Å². The Kier molecular flexibility index (Phi) is 3.92. The van der Waals surface area contributed by atoms with Crippen molar-refractivity contribution >= 4 is 29.4 Å². The highest BCUT2D eigenvalue weighted by Crippen LogP contribution is 2.36. The van der Waals surface area contributed by atoms with Crippen LogP contribution in [0.25, 0.3) is 11.2 Å². The molecule has 23 heavy (non-hydrogen) atoms. The predicted molar refractivity (Wildman–Crippen MR) is 77.4 cm³/mol.